The standard InChI is InChI=1S/C14H17N3O2/c1-9-4-3-7-17-12(9)11(14(18)19)16-13(17)10-5-2-6-15-8-10/h3-4,7,10,15H,2,5-6,8H2,1H3,(H,18,19). The lowest BCUT2D eigenvalue weighted by Gasteiger charge is -2.21. The zero-order chi connectivity index (χ0) is 13.4. The number of nitrogens with one attached hydrogen (secondary N) is 1. The quantitative estimate of drug-likeness (QED) is 0.863. The number of rotatable bonds is 2. The minimum Gasteiger partial charge on any atom is -0.476 e. The number of fused-ring (bicyclic) bond motifs is 1. The molecule has 100 valence electrons. The number of aryl methyl sites for hydroxylation is 1. The number of piperidine rings is 1. The maximum absolute atomic E-state index is 11.4. The second kappa shape index (κ2) is 4.66. The lowest BCUT2D eigenvalue weighted by atomic mass is 9.99. The Bertz CT molecular complexity index is 627. The summed E-state index contributed by atoms with van der Waals surface area (Å²) in [7, 11) is 0. The number of carbonyl (C=O) groups is 1. The number of imidazole rings is 1. The summed E-state index contributed by atoms with van der Waals surface area (Å²) in [4.78, 5) is 15.8. The van der Waals surface area contributed by atoms with Crippen LogP contribution in [0.15, 0.2) is 18.3 Å². The molecular formula is C14H17N3O2. The van der Waals surface area contributed by atoms with Gasteiger partial charge in [0.25, 0.3) is 0 Å². The van der Waals surface area contributed by atoms with E-state index >= 15 is 0 Å². The van der Waals surface area contributed by atoms with Crippen LogP contribution in [0.4, 0.5) is 0 Å². The van der Waals surface area contributed by atoms with E-state index < -0.39 is 5.97 Å². The zero-order valence-electron chi connectivity index (χ0n) is 10.9. The first-order chi connectivity index (χ1) is 9.18. The lowest BCUT2D eigenvalue weighted by molar-refractivity contribution is 0.0693. The molecule has 1 atom stereocenters. The van der Waals surface area contributed by atoms with Crippen LogP contribution in [0.25, 0.3) is 5.52 Å². The number of aromatic nitrogens is 2. The van der Waals surface area contributed by atoms with Crippen molar-refractivity contribution in [1.82, 2.24) is 14.7 Å². The lowest BCUT2D eigenvalue weighted by Crippen LogP contribution is -2.29. The molecule has 0 aliphatic carbocycles. The molecule has 2 aromatic heterocycles. The van der Waals surface area contributed by atoms with Gasteiger partial charge in [-0.3, -0.25) is 0 Å². The summed E-state index contributed by atoms with van der Waals surface area (Å²) in [5.74, 6) is 0.196. The van der Waals surface area contributed by atoms with Crippen LogP contribution in [0, 0.1) is 6.92 Å². The van der Waals surface area contributed by atoms with Crippen molar-refractivity contribution in [2.24, 2.45) is 0 Å². The van der Waals surface area contributed by atoms with Gasteiger partial charge in [-0.1, -0.05) is 6.07 Å². The second-order valence-corrected chi connectivity index (χ2v) is 5.08. The number of carboxylic acid groups (broad SMARTS) is 1. The van der Waals surface area contributed by atoms with E-state index in [1.807, 2.05) is 29.7 Å². The third kappa shape index (κ3) is 2.00. The second-order valence-electron chi connectivity index (χ2n) is 5.08. The Labute approximate surface area is 111 Å². The van der Waals surface area contributed by atoms with E-state index in [1.54, 1.807) is 0 Å². The van der Waals surface area contributed by atoms with Crippen LogP contribution in [0.3, 0.4) is 0 Å². The molecule has 0 radical (unpaired) electrons. The highest BCUT2D eigenvalue weighted by molar-refractivity contribution is 5.94. The third-order valence-electron chi connectivity index (χ3n) is 3.76. The van der Waals surface area contributed by atoms with E-state index in [1.165, 1.54) is 0 Å². The summed E-state index contributed by atoms with van der Waals surface area (Å²) in [5, 5.41) is 12.7. The van der Waals surface area contributed by atoms with Crippen LogP contribution in [0.5, 0.6) is 0 Å². The van der Waals surface area contributed by atoms with Crippen molar-refractivity contribution in [2.45, 2.75) is 25.7 Å². The van der Waals surface area contributed by atoms with Gasteiger partial charge in [0.1, 0.15) is 5.82 Å². The predicted molar refractivity (Wildman–Crippen MR) is 71.7 cm³/mol. The molecule has 1 saturated heterocycles. The molecule has 2 N–H and O–H groups in total. The summed E-state index contributed by atoms with van der Waals surface area (Å²) in [6.45, 7) is 3.82. The summed E-state index contributed by atoms with van der Waals surface area (Å²) >= 11 is 0. The van der Waals surface area contributed by atoms with Gasteiger partial charge in [-0.05, 0) is 37.9 Å². The molecule has 0 spiro atoms. The number of carboxylic acids is 1. The van der Waals surface area contributed by atoms with Crippen molar-refractivity contribution in [3.05, 3.63) is 35.4 Å². The van der Waals surface area contributed by atoms with Crippen LogP contribution in [0.2, 0.25) is 0 Å². The Morgan fingerprint density at radius 3 is 3.11 bits per heavy atom. The molecule has 2 aromatic rings. The van der Waals surface area contributed by atoms with Gasteiger partial charge in [-0.2, -0.15) is 0 Å². The Balaban J connectivity index is 2.19. The number of nitrogens with zero attached hydrogens (tertiary/aromatic N) is 2. The number of aromatic carboxylic acids is 1. The van der Waals surface area contributed by atoms with E-state index in [0.717, 1.165) is 42.8 Å². The molecule has 5 heteroatoms. The van der Waals surface area contributed by atoms with Crippen molar-refractivity contribution in [3.63, 3.8) is 0 Å². The first kappa shape index (κ1) is 12.2. The monoisotopic (exact) mass is 259 g/mol. The van der Waals surface area contributed by atoms with E-state index in [-0.39, 0.29) is 11.6 Å². The van der Waals surface area contributed by atoms with Gasteiger partial charge in [0.15, 0.2) is 5.69 Å². The van der Waals surface area contributed by atoms with E-state index in [4.69, 9.17) is 0 Å². The molecule has 19 heavy (non-hydrogen) atoms. The summed E-state index contributed by atoms with van der Waals surface area (Å²) < 4.78 is 1.94. The summed E-state index contributed by atoms with van der Waals surface area (Å²) in [6.07, 6.45) is 4.07. The van der Waals surface area contributed by atoms with E-state index in [9.17, 15) is 9.90 Å². The third-order valence-corrected chi connectivity index (χ3v) is 3.76. The smallest absolute Gasteiger partial charge is 0.356 e. The topological polar surface area (TPSA) is 66.6 Å². The SMILES string of the molecule is Cc1cccn2c(C3CCCNC3)nc(C(=O)O)c12. The maximum atomic E-state index is 11.4. The molecule has 1 aliphatic rings. The Hall–Kier alpha value is -1.88. The average molecular weight is 259 g/mol. The highest BCUT2D eigenvalue weighted by Gasteiger charge is 2.24. The van der Waals surface area contributed by atoms with Gasteiger partial charge in [-0.15, -0.1) is 0 Å². The highest BCUT2D eigenvalue weighted by atomic mass is 16.4. The average Bonchev–Trinajstić information content (AvgIpc) is 2.81. The van der Waals surface area contributed by atoms with Gasteiger partial charge >= 0.3 is 5.97 Å². The van der Waals surface area contributed by atoms with E-state index in [0.29, 0.717) is 0 Å². The molecule has 1 unspecified atom stereocenters. The van der Waals surface area contributed by atoms with Gasteiger partial charge < -0.3 is 14.8 Å². The van der Waals surface area contributed by atoms with Crippen LogP contribution in [-0.2, 0) is 0 Å². The molecule has 0 amide bonds. The largest absolute Gasteiger partial charge is 0.476 e. The molecule has 1 fully saturated rings. The molecule has 5 nitrogen and oxygen atoms in total. The van der Waals surface area contributed by atoms with Crippen molar-refractivity contribution in [1.29, 1.82) is 0 Å². The Morgan fingerprint density at radius 1 is 1.58 bits per heavy atom. The molecule has 0 bridgehead atoms. The first-order valence-electron chi connectivity index (χ1n) is 6.60. The van der Waals surface area contributed by atoms with Crippen LogP contribution < -0.4 is 5.32 Å². The minimum absolute atomic E-state index is 0.165. The van der Waals surface area contributed by atoms with Crippen molar-refractivity contribution in [3.8, 4) is 0 Å². The molecule has 3 rings (SSSR count). The van der Waals surface area contributed by atoms with Crippen molar-refractivity contribution < 1.29 is 9.90 Å². The minimum atomic E-state index is -0.957. The summed E-state index contributed by atoms with van der Waals surface area (Å²) in [6, 6.07) is 3.86. The normalized spacial score (nSPS) is 19.7. The van der Waals surface area contributed by atoms with Crippen LogP contribution >= 0.6 is 0 Å². The van der Waals surface area contributed by atoms with Gasteiger partial charge in [0.2, 0.25) is 0 Å². The molecule has 0 saturated carbocycles. The number of pyridine rings is 1. The fourth-order valence-electron chi connectivity index (χ4n) is 2.84. The fourth-order valence-corrected chi connectivity index (χ4v) is 2.84. The Kier molecular flexibility index (Phi) is 2.98. The van der Waals surface area contributed by atoms with Crippen LogP contribution in [0.1, 0.15) is 40.6 Å². The molecule has 3 heterocycles. The number of hydrogen-bond donors (Lipinski definition) is 2. The van der Waals surface area contributed by atoms with Crippen LogP contribution in [-0.4, -0.2) is 33.6 Å². The van der Waals surface area contributed by atoms with Crippen molar-refractivity contribution >= 4 is 11.5 Å². The highest BCUT2D eigenvalue weighted by Crippen LogP contribution is 2.26. The fraction of sp³-hybridized carbons (Fsp3) is 0.429. The first-order valence-corrected chi connectivity index (χ1v) is 6.60. The van der Waals surface area contributed by atoms with E-state index in [2.05, 4.69) is 10.3 Å². The number of hydrogen-bond acceptors (Lipinski definition) is 3. The maximum Gasteiger partial charge on any atom is 0.356 e. The molecule has 0 aromatic carbocycles. The zero-order valence-corrected chi connectivity index (χ0v) is 10.9. The Morgan fingerprint density at radius 2 is 2.42 bits per heavy atom. The van der Waals surface area contributed by atoms with Gasteiger partial charge in [-0.25, -0.2) is 9.78 Å². The molecule has 1 aliphatic heterocycles. The molecular weight excluding hydrogens is 242 g/mol. The summed E-state index contributed by atoms with van der Waals surface area (Å²) in [5.41, 5.74) is 1.83. The van der Waals surface area contributed by atoms with Crippen molar-refractivity contribution in [2.75, 3.05) is 13.1 Å². The predicted octanol–water partition coefficient (Wildman–Crippen LogP) is 1.81. The van der Waals surface area contributed by atoms with Gasteiger partial charge in [0, 0.05) is 18.7 Å². The van der Waals surface area contributed by atoms with Gasteiger partial charge in [0.05, 0.1) is 5.52 Å².